The van der Waals surface area contributed by atoms with Crippen molar-refractivity contribution < 1.29 is 4.79 Å². The SMILES string of the molecule is CC(C)c1c(-c2cn(C)c(=O)c3c2CCC3)[nH]c2ccc(C3CCN(CC(=O)N(C)C)CC3)cc12. The summed E-state index contributed by atoms with van der Waals surface area (Å²) < 4.78 is 1.76. The Morgan fingerprint density at radius 1 is 1.14 bits per heavy atom. The first kappa shape index (κ1) is 23.9. The van der Waals surface area contributed by atoms with E-state index in [0.29, 0.717) is 18.4 Å². The van der Waals surface area contributed by atoms with Gasteiger partial charge in [0.05, 0.1) is 12.2 Å². The lowest BCUT2D eigenvalue weighted by Gasteiger charge is -2.32. The number of likely N-dealkylation sites (N-methyl/N-ethyl adjacent to an activating group) is 1. The summed E-state index contributed by atoms with van der Waals surface area (Å²) in [5, 5.41) is 1.30. The number of hydrogen-bond acceptors (Lipinski definition) is 3. The number of aromatic nitrogens is 2. The molecule has 35 heavy (non-hydrogen) atoms. The summed E-state index contributed by atoms with van der Waals surface area (Å²) in [5.74, 6) is 1.06. The molecule has 1 N–H and O–H groups in total. The molecule has 1 amide bonds. The van der Waals surface area contributed by atoms with Gasteiger partial charge in [-0.1, -0.05) is 19.9 Å². The number of benzene rings is 1. The molecule has 0 bridgehead atoms. The van der Waals surface area contributed by atoms with E-state index < -0.39 is 0 Å². The van der Waals surface area contributed by atoms with Crippen molar-refractivity contribution >= 4 is 16.8 Å². The minimum Gasteiger partial charge on any atom is -0.354 e. The highest BCUT2D eigenvalue weighted by molar-refractivity contribution is 5.92. The molecule has 2 aliphatic rings. The zero-order valence-electron chi connectivity index (χ0n) is 21.8. The Balaban J connectivity index is 1.48. The van der Waals surface area contributed by atoms with E-state index in [9.17, 15) is 9.59 Å². The Morgan fingerprint density at radius 2 is 1.86 bits per heavy atom. The molecule has 5 rings (SSSR count). The number of hydrogen-bond donors (Lipinski definition) is 1. The van der Waals surface area contributed by atoms with Crippen LogP contribution in [0.5, 0.6) is 0 Å². The van der Waals surface area contributed by atoms with Crippen molar-refractivity contribution in [2.75, 3.05) is 33.7 Å². The molecule has 1 aliphatic heterocycles. The molecular weight excluding hydrogens is 436 g/mol. The Morgan fingerprint density at radius 3 is 2.54 bits per heavy atom. The van der Waals surface area contributed by atoms with Crippen LogP contribution in [-0.2, 0) is 24.7 Å². The minimum atomic E-state index is 0.157. The van der Waals surface area contributed by atoms with Crippen LogP contribution in [0.15, 0.2) is 29.2 Å². The molecule has 3 heterocycles. The molecular formula is C29H38N4O2. The highest BCUT2D eigenvalue weighted by Crippen LogP contribution is 2.40. The maximum absolute atomic E-state index is 12.7. The number of H-pyrrole nitrogens is 1. The standard InChI is InChI=1S/C29H38N4O2/c1-18(2)27-23-15-20(19-11-13-33(14-12-19)17-26(34)31(3)4)9-10-25(23)30-28(27)24-16-32(5)29(35)22-8-6-7-21(22)24/h9-10,15-16,18-19,30H,6-8,11-14,17H2,1-5H3. The Hall–Kier alpha value is -2.86. The first-order valence-corrected chi connectivity index (χ1v) is 13.0. The van der Waals surface area contributed by atoms with Gasteiger partial charge in [-0.15, -0.1) is 0 Å². The van der Waals surface area contributed by atoms with Gasteiger partial charge in [0.25, 0.3) is 5.56 Å². The van der Waals surface area contributed by atoms with E-state index in [-0.39, 0.29) is 11.5 Å². The van der Waals surface area contributed by atoms with Crippen LogP contribution >= 0.6 is 0 Å². The van der Waals surface area contributed by atoms with Crippen molar-refractivity contribution in [2.24, 2.45) is 7.05 Å². The molecule has 6 nitrogen and oxygen atoms in total. The monoisotopic (exact) mass is 474 g/mol. The number of carbonyl (C=O) groups excluding carboxylic acids is 1. The highest BCUT2D eigenvalue weighted by Gasteiger charge is 2.26. The van der Waals surface area contributed by atoms with Crippen LogP contribution in [0.25, 0.3) is 22.2 Å². The molecule has 1 fully saturated rings. The second-order valence-electron chi connectivity index (χ2n) is 11.0. The van der Waals surface area contributed by atoms with Gasteiger partial charge >= 0.3 is 0 Å². The number of nitrogens with one attached hydrogen (secondary N) is 1. The minimum absolute atomic E-state index is 0.157. The van der Waals surface area contributed by atoms with E-state index >= 15 is 0 Å². The van der Waals surface area contributed by atoms with E-state index in [2.05, 4.69) is 41.9 Å². The summed E-state index contributed by atoms with van der Waals surface area (Å²) >= 11 is 0. The summed E-state index contributed by atoms with van der Waals surface area (Å²) in [5.41, 5.74) is 8.68. The van der Waals surface area contributed by atoms with Gasteiger partial charge in [-0.2, -0.15) is 0 Å². The van der Waals surface area contributed by atoms with Crippen LogP contribution in [0.2, 0.25) is 0 Å². The quantitative estimate of drug-likeness (QED) is 0.596. The molecule has 186 valence electrons. The molecule has 3 aromatic rings. The molecule has 0 spiro atoms. The average Bonchev–Trinajstić information content (AvgIpc) is 3.47. The third kappa shape index (κ3) is 4.33. The normalized spacial score (nSPS) is 16.9. The summed E-state index contributed by atoms with van der Waals surface area (Å²) in [7, 11) is 5.52. The van der Waals surface area contributed by atoms with Gasteiger partial charge < -0.3 is 14.5 Å². The summed E-state index contributed by atoms with van der Waals surface area (Å²) in [6.07, 6.45) is 7.12. The van der Waals surface area contributed by atoms with Crippen molar-refractivity contribution in [2.45, 2.75) is 57.8 Å². The molecule has 0 saturated carbocycles. The number of fused-ring (bicyclic) bond motifs is 2. The molecule has 0 atom stereocenters. The topological polar surface area (TPSA) is 61.3 Å². The van der Waals surface area contributed by atoms with Gasteiger partial charge in [0, 0.05) is 49.4 Å². The van der Waals surface area contributed by atoms with Crippen LogP contribution in [0, 0.1) is 0 Å². The van der Waals surface area contributed by atoms with Gasteiger partial charge in [0.2, 0.25) is 5.91 Å². The Bertz CT molecular complexity index is 1320. The van der Waals surface area contributed by atoms with Crippen molar-refractivity contribution in [1.82, 2.24) is 19.4 Å². The summed E-state index contributed by atoms with van der Waals surface area (Å²) in [6.45, 7) is 6.97. The number of carbonyl (C=O) groups is 1. The van der Waals surface area contributed by atoms with Gasteiger partial charge in [-0.05, 0) is 85.9 Å². The largest absolute Gasteiger partial charge is 0.354 e. The predicted octanol–water partition coefficient (Wildman–Crippen LogP) is 4.41. The molecule has 1 aromatic carbocycles. The van der Waals surface area contributed by atoms with Gasteiger partial charge in [0.1, 0.15) is 0 Å². The number of likely N-dealkylation sites (tertiary alicyclic amines) is 1. The maximum atomic E-state index is 12.7. The van der Waals surface area contributed by atoms with Gasteiger partial charge in [0.15, 0.2) is 0 Å². The van der Waals surface area contributed by atoms with E-state index in [4.69, 9.17) is 0 Å². The predicted molar refractivity (Wildman–Crippen MR) is 142 cm³/mol. The van der Waals surface area contributed by atoms with Crippen molar-refractivity contribution in [1.29, 1.82) is 0 Å². The highest BCUT2D eigenvalue weighted by atomic mass is 16.2. The second-order valence-corrected chi connectivity index (χ2v) is 11.0. The zero-order valence-corrected chi connectivity index (χ0v) is 21.8. The molecule has 1 aliphatic carbocycles. The zero-order chi connectivity index (χ0) is 24.9. The van der Waals surface area contributed by atoms with Crippen LogP contribution < -0.4 is 5.56 Å². The first-order valence-electron chi connectivity index (χ1n) is 13.0. The van der Waals surface area contributed by atoms with Gasteiger partial charge in [-0.25, -0.2) is 0 Å². The van der Waals surface area contributed by atoms with E-state index in [0.717, 1.165) is 50.8 Å². The van der Waals surface area contributed by atoms with Crippen LogP contribution in [-0.4, -0.2) is 59.0 Å². The van der Waals surface area contributed by atoms with Gasteiger partial charge in [-0.3, -0.25) is 14.5 Å². The second kappa shape index (κ2) is 9.30. The van der Waals surface area contributed by atoms with Crippen LogP contribution in [0.4, 0.5) is 0 Å². The van der Waals surface area contributed by atoms with Crippen LogP contribution in [0.1, 0.15) is 67.2 Å². The average molecular weight is 475 g/mol. The molecule has 2 aromatic heterocycles. The number of amides is 1. The van der Waals surface area contributed by atoms with Crippen molar-refractivity contribution in [3.05, 3.63) is 57.0 Å². The fraction of sp³-hybridized carbons (Fsp3) is 0.517. The fourth-order valence-corrected chi connectivity index (χ4v) is 6.09. The summed E-state index contributed by atoms with van der Waals surface area (Å²) in [4.78, 5) is 32.5. The number of piperidine rings is 1. The third-order valence-corrected chi connectivity index (χ3v) is 8.07. The lowest BCUT2D eigenvalue weighted by Crippen LogP contribution is -2.40. The number of aromatic amines is 1. The maximum Gasteiger partial charge on any atom is 0.253 e. The number of rotatable bonds is 5. The molecule has 6 heteroatoms. The number of aryl methyl sites for hydroxylation is 1. The van der Waals surface area contributed by atoms with Crippen molar-refractivity contribution in [3.63, 3.8) is 0 Å². The number of nitrogens with zero attached hydrogens (tertiary/aromatic N) is 3. The first-order chi connectivity index (χ1) is 16.7. The van der Waals surface area contributed by atoms with Crippen molar-refractivity contribution in [3.8, 4) is 11.3 Å². The van der Waals surface area contributed by atoms with Crippen LogP contribution in [0.3, 0.4) is 0 Å². The smallest absolute Gasteiger partial charge is 0.253 e. The summed E-state index contributed by atoms with van der Waals surface area (Å²) in [6, 6.07) is 6.92. The molecule has 0 unspecified atom stereocenters. The van der Waals surface area contributed by atoms with E-state index in [1.807, 2.05) is 27.3 Å². The van der Waals surface area contributed by atoms with E-state index in [1.54, 1.807) is 9.47 Å². The lowest BCUT2D eigenvalue weighted by molar-refractivity contribution is -0.130. The van der Waals surface area contributed by atoms with E-state index in [1.165, 1.54) is 38.9 Å². The number of pyridine rings is 1. The molecule has 0 radical (unpaired) electrons. The third-order valence-electron chi connectivity index (χ3n) is 8.07. The molecule has 1 saturated heterocycles. The lowest BCUT2D eigenvalue weighted by atomic mass is 9.87. The Kier molecular flexibility index (Phi) is 6.34. The Labute approximate surface area is 207 Å². The fourth-order valence-electron chi connectivity index (χ4n) is 6.09.